The van der Waals surface area contributed by atoms with Gasteiger partial charge in [-0.05, 0) is 44.9 Å². The predicted molar refractivity (Wildman–Crippen MR) is 215 cm³/mol. The molecule has 8 nitrogen and oxygen atoms in total. The zero-order valence-corrected chi connectivity index (χ0v) is 34.5. The molecule has 0 aliphatic carbocycles. The minimum atomic E-state index is -4.25. The predicted octanol–water partition coefficient (Wildman–Crippen LogP) is 11.6. The number of aliphatic hydroxyl groups is 1. The summed E-state index contributed by atoms with van der Waals surface area (Å²) in [5, 5.41) is 9.91. The maximum atomic E-state index is 11.9. The number of hydrogen-bond donors (Lipinski definition) is 2. The van der Waals surface area contributed by atoms with Crippen LogP contribution in [0.15, 0.2) is 36.5 Å². The van der Waals surface area contributed by atoms with E-state index < -0.39 is 20.5 Å². The minimum absolute atomic E-state index is 0.0545. The topological polar surface area (TPSA) is 102 Å². The average molecular weight is 743 g/mol. The Labute approximate surface area is 314 Å². The van der Waals surface area contributed by atoms with Gasteiger partial charge in [-0.25, -0.2) is 4.57 Å². The third-order valence-corrected chi connectivity index (χ3v) is 9.89. The number of likely N-dealkylation sites (N-methyl/N-ethyl adjacent to an activating group) is 1. The van der Waals surface area contributed by atoms with Crippen molar-refractivity contribution in [2.75, 3.05) is 47.5 Å². The molecule has 51 heavy (non-hydrogen) atoms. The van der Waals surface area contributed by atoms with E-state index in [4.69, 9.17) is 13.8 Å². The van der Waals surface area contributed by atoms with Crippen LogP contribution in [0.25, 0.3) is 0 Å². The number of phosphoric ester groups is 1. The fraction of sp³-hybridized carbons (Fsp3) is 0.833. The van der Waals surface area contributed by atoms with Gasteiger partial charge in [0.2, 0.25) is 0 Å². The third kappa shape index (κ3) is 41.3. The molecule has 2 atom stereocenters. The van der Waals surface area contributed by atoms with Crippen LogP contribution in [0, 0.1) is 0 Å². The lowest BCUT2D eigenvalue weighted by Crippen LogP contribution is -2.37. The molecular formula is C42H81NO7P+. The first kappa shape index (κ1) is 49.7. The number of aliphatic hydroxyl groups excluding tert-OH is 1. The highest BCUT2D eigenvalue weighted by Gasteiger charge is 2.24. The molecule has 0 fully saturated rings. The Bertz CT molecular complexity index is 915. The Morgan fingerprint density at radius 2 is 1.02 bits per heavy atom. The molecule has 0 amide bonds. The molecule has 0 aromatic rings. The summed E-state index contributed by atoms with van der Waals surface area (Å²) in [6.45, 7) is 2.14. The highest BCUT2D eigenvalue weighted by Crippen LogP contribution is 2.43. The molecule has 0 aliphatic heterocycles. The van der Waals surface area contributed by atoms with Gasteiger partial charge in [-0.1, -0.05) is 159 Å². The van der Waals surface area contributed by atoms with Crippen LogP contribution in [0.3, 0.4) is 0 Å². The fourth-order valence-corrected chi connectivity index (χ4v) is 6.35. The molecule has 2 unspecified atom stereocenters. The van der Waals surface area contributed by atoms with Crippen molar-refractivity contribution < 1.29 is 37.6 Å². The van der Waals surface area contributed by atoms with Gasteiger partial charge in [-0.15, -0.1) is 0 Å². The summed E-state index contributed by atoms with van der Waals surface area (Å²) in [5.74, 6) is -0.371. The van der Waals surface area contributed by atoms with E-state index in [1.165, 1.54) is 128 Å². The van der Waals surface area contributed by atoms with Crippen LogP contribution in [0.5, 0.6) is 0 Å². The van der Waals surface area contributed by atoms with E-state index in [-0.39, 0.29) is 19.2 Å². The van der Waals surface area contributed by atoms with Gasteiger partial charge in [-0.3, -0.25) is 13.8 Å². The number of unbranched alkanes of at least 4 members (excludes halogenated alkanes) is 21. The molecule has 9 heteroatoms. The summed E-state index contributed by atoms with van der Waals surface area (Å²) in [6.07, 6.45) is 44.7. The SMILES string of the molecule is CCCCCCC/C=C\C/C=C\C/C=C\CCCCCCCCCCCCCCCCCCC(=O)OCC(O)COP(=O)(O)OCC[N+](C)(C)C. The van der Waals surface area contributed by atoms with Gasteiger partial charge < -0.3 is 19.2 Å². The number of rotatable bonds is 38. The summed E-state index contributed by atoms with van der Waals surface area (Å²) >= 11 is 0. The number of ether oxygens (including phenoxy) is 1. The molecule has 0 spiro atoms. The van der Waals surface area contributed by atoms with Gasteiger partial charge in [0.05, 0.1) is 27.7 Å². The van der Waals surface area contributed by atoms with Gasteiger partial charge in [0, 0.05) is 6.42 Å². The van der Waals surface area contributed by atoms with E-state index in [1.807, 2.05) is 21.1 Å². The van der Waals surface area contributed by atoms with Crippen molar-refractivity contribution >= 4 is 13.8 Å². The van der Waals surface area contributed by atoms with Crippen molar-refractivity contribution in [3.8, 4) is 0 Å². The highest BCUT2D eigenvalue weighted by molar-refractivity contribution is 7.47. The first-order valence-corrected chi connectivity index (χ1v) is 22.3. The Morgan fingerprint density at radius 3 is 1.47 bits per heavy atom. The number of esters is 1. The molecule has 0 heterocycles. The molecule has 300 valence electrons. The van der Waals surface area contributed by atoms with Gasteiger partial charge in [-0.2, -0.15) is 0 Å². The molecule has 0 aromatic heterocycles. The monoisotopic (exact) mass is 743 g/mol. The van der Waals surface area contributed by atoms with Gasteiger partial charge >= 0.3 is 13.8 Å². The summed E-state index contributed by atoms with van der Waals surface area (Å²) in [5.41, 5.74) is 0. The van der Waals surface area contributed by atoms with Crippen molar-refractivity contribution in [1.82, 2.24) is 0 Å². The van der Waals surface area contributed by atoms with Crippen molar-refractivity contribution in [3.05, 3.63) is 36.5 Å². The van der Waals surface area contributed by atoms with Gasteiger partial charge in [0.1, 0.15) is 25.9 Å². The zero-order valence-electron chi connectivity index (χ0n) is 33.6. The molecule has 2 N–H and O–H groups in total. The number of phosphoric acid groups is 1. The summed E-state index contributed by atoms with van der Waals surface area (Å²) < 4.78 is 27.2. The van der Waals surface area contributed by atoms with Crippen molar-refractivity contribution in [3.63, 3.8) is 0 Å². The normalized spacial score (nSPS) is 14.2. The molecule has 0 rings (SSSR count). The van der Waals surface area contributed by atoms with Crippen LogP contribution in [0.1, 0.15) is 174 Å². The van der Waals surface area contributed by atoms with Crippen LogP contribution >= 0.6 is 7.82 Å². The van der Waals surface area contributed by atoms with Crippen LogP contribution in [-0.4, -0.2) is 74.1 Å². The molecule has 0 aliphatic rings. The molecule has 0 bridgehead atoms. The van der Waals surface area contributed by atoms with E-state index in [1.54, 1.807) is 0 Å². The maximum absolute atomic E-state index is 11.9. The Balaban J connectivity index is 3.40. The Morgan fingerprint density at radius 1 is 0.608 bits per heavy atom. The van der Waals surface area contributed by atoms with Crippen LogP contribution in [0.2, 0.25) is 0 Å². The first-order valence-electron chi connectivity index (χ1n) is 20.8. The first-order chi connectivity index (χ1) is 24.6. The number of quaternary nitrogens is 1. The lowest BCUT2D eigenvalue weighted by molar-refractivity contribution is -0.870. The van der Waals surface area contributed by atoms with E-state index >= 15 is 0 Å². The van der Waals surface area contributed by atoms with Gasteiger partial charge in [0.25, 0.3) is 0 Å². The smallest absolute Gasteiger partial charge is 0.463 e. The standard InChI is InChI=1S/C42H80NO7P/c1-5-6-7-8-9-10-11-12-13-14-15-16-17-18-19-20-21-22-23-24-25-26-27-28-29-30-31-32-33-34-35-36-42(45)48-39-41(44)40-50-51(46,47)49-38-37-43(2,3)4/h11-12,14-15,17-18,41,44H,5-10,13,16,19-40H2,1-4H3/p+1/b12-11-,15-14-,18-17-. The Hall–Kier alpha value is -1.28. The summed E-state index contributed by atoms with van der Waals surface area (Å²) in [7, 11) is 1.56. The number of allylic oxidation sites excluding steroid dienone is 6. The van der Waals surface area contributed by atoms with E-state index in [2.05, 4.69) is 43.4 Å². The highest BCUT2D eigenvalue weighted by atomic mass is 31.2. The second-order valence-electron chi connectivity index (χ2n) is 15.2. The summed E-state index contributed by atoms with van der Waals surface area (Å²) in [4.78, 5) is 21.6. The Kier molecular flexibility index (Phi) is 34.8. The average Bonchev–Trinajstić information content (AvgIpc) is 3.08. The van der Waals surface area contributed by atoms with Gasteiger partial charge in [0.15, 0.2) is 0 Å². The molecule has 0 radical (unpaired) electrons. The third-order valence-electron chi connectivity index (χ3n) is 8.90. The minimum Gasteiger partial charge on any atom is -0.463 e. The lowest BCUT2D eigenvalue weighted by Gasteiger charge is -2.24. The van der Waals surface area contributed by atoms with Crippen molar-refractivity contribution in [2.24, 2.45) is 0 Å². The van der Waals surface area contributed by atoms with Crippen LogP contribution < -0.4 is 0 Å². The van der Waals surface area contributed by atoms with E-state index in [9.17, 15) is 19.4 Å². The number of carbonyl (C=O) groups is 1. The molecule has 0 aromatic carbocycles. The van der Waals surface area contributed by atoms with Crippen LogP contribution in [-0.2, 0) is 23.1 Å². The van der Waals surface area contributed by atoms with Crippen molar-refractivity contribution in [2.45, 2.75) is 180 Å². The fourth-order valence-electron chi connectivity index (χ4n) is 5.61. The largest absolute Gasteiger partial charge is 0.472 e. The number of carbonyl (C=O) groups excluding carboxylic acids is 1. The molecule has 0 saturated heterocycles. The van der Waals surface area contributed by atoms with E-state index in [0.29, 0.717) is 17.4 Å². The second-order valence-corrected chi connectivity index (χ2v) is 16.7. The number of nitrogens with zero attached hydrogens (tertiary/aromatic N) is 1. The lowest BCUT2D eigenvalue weighted by atomic mass is 10.0. The maximum Gasteiger partial charge on any atom is 0.472 e. The van der Waals surface area contributed by atoms with Crippen LogP contribution in [0.4, 0.5) is 0 Å². The number of hydrogen-bond acceptors (Lipinski definition) is 6. The summed E-state index contributed by atoms with van der Waals surface area (Å²) in [6, 6.07) is 0. The molecule has 0 saturated carbocycles. The van der Waals surface area contributed by atoms with E-state index in [0.717, 1.165) is 32.1 Å². The van der Waals surface area contributed by atoms with Crippen molar-refractivity contribution in [1.29, 1.82) is 0 Å². The second kappa shape index (κ2) is 35.7. The molecular weight excluding hydrogens is 661 g/mol. The quantitative estimate of drug-likeness (QED) is 0.0213. The zero-order chi connectivity index (χ0) is 37.7.